The van der Waals surface area contributed by atoms with Crippen molar-refractivity contribution in [2.75, 3.05) is 6.54 Å². The Morgan fingerprint density at radius 2 is 1.86 bits per heavy atom. The number of aromatic amines is 1. The van der Waals surface area contributed by atoms with Gasteiger partial charge in [0.2, 0.25) is 5.91 Å². The first-order valence-electron chi connectivity index (χ1n) is 9.98. The fraction of sp³-hybridized carbons (Fsp3) is 0.348. The predicted molar refractivity (Wildman–Crippen MR) is 104 cm³/mol. The zero-order valence-corrected chi connectivity index (χ0v) is 15.6. The van der Waals surface area contributed by atoms with E-state index in [1.807, 2.05) is 24.3 Å². The Bertz CT molecular complexity index is 1050. The minimum Gasteiger partial charge on any atom is -0.356 e. The van der Waals surface area contributed by atoms with Gasteiger partial charge in [-0.1, -0.05) is 31.0 Å². The van der Waals surface area contributed by atoms with Crippen molar-refractivity contribution in [3.8, 4) is 0 Å². The Morgan fingerprint density at radius 3 is 2.68 bits per heavy atom. The summed E-state index contributed by atoms with van der Waals surface area (Å²) in [6.07, 6.45) is 4.59. The number of carbonyl (C=O) groups excluding carboxylic acids is 1. The number of rotatable bonds is 2. The van der Waals surface area contributed by atoms with Crippen LogP contribution < -0.4 is 0 Å². The van der Waals surface area contributed by atoms with Crippen LogP contribution in [0.4, 0.5) is 8.78 Å². The number of hydrogen-bond acceptors (Lipinski definition) is 1. The number of nitrogens with one attached hydrogen (secondary N) is 1. The molecule has 2 heterocycles. The fourth-order valence-corrected chi connectivity index (χ4v) is 4.93. The molecule has 3 nitrogen and oxygen atoms in total. The summed E-state index contributed by atoms with van der Waals surface area (Å²) in [6, 6.07) is 10.8. The Hall–Kier alpha value is -2.69. The molecule has 1 amide bonds. The molecule has 1 aromatic heterocycles. The quantitative estimate of drug-likeness (QED) is 0.659. The van der Waals surface area contributed by atoms with Crippen molar-refractivity contribution in [2.45, 2.75) is 38.1 Å². The summed E-state index contributed by atoms with van der Waals surface area (Å²) in [5.74, 6) is -0.921. The number of amides is 1. The minimum atomic E-state index is -0.625. The normalized spacial score (nSPS) is 19.9. The average molecular weight is 380 g/mol. The van der Waals surface area contributed by atoms with E-state index in [2.05, 4.69) is 4.98 Å². The largest absolute Gasteiger partial charge is 0.356 e. The molecular weight excluding hydrogens is 358 g/mol. The second-order valence-electron chi connectivity index (χ2n) is 7.89. The summed E-state index contributed by atoms with van der Waals surface area (Å²) < 4.78 is 28.8. The van der Waals surface area contributed by atoms with Crippen molar-refractivity contribution in [2.24, 2.45) is 5.92 Å². The fourth-order valence-electron chi connectivity index (χ4n) is 4.93. The van der Waals surface area contributed by atoms with Crippen LogP contribution >= 0.6 is 0 Å². The number of hydrogen-bond donors (Lipinski definition) is 1. The SMILES string of the molecule is O=C(C1CCCC1)N1CCc2c([nH]c3ccccc23)[C@H]1c1cc(F)ccc1F. The zero-order chi connectivity index (χ0) is 19.3. The third-order valence-corrected chi connectivity index (χ3v) is 6.27. The summed E-state index contributed by atoms with van der Waals surface area (Å²) in [4.78, 5) is 18.5. The maximum atomic E-state index is 14.8. The van der Waals surface area contributed by atoms with Crippen LogP contribution in [0.25, 0.3) is 10.9 Å². The topological polar surface area (TPSA) is 36.1 Å². The predicted octanol–water partition coefficient (Wildman–Crippen LogP) is 5.11. The highest BCUT2D eigenvalue weighted by molar-refractivity contribution is 5.87. The molecule has 5 rings (SSSR count). The van der Waals surface area contributed by atoms with Gasteiger partial charge in [-0.15, -0.1) is 0 Å². The van der Waals surface area contributed by atoms with Crippen molar-refractivity contribution in [1.82, 2.24) is 9.88 Å². The van der Waals surface area contributed by atoms with Crippen LogP contribution in [0.2, 0.25) is 0 Å². The van der Waals surface area contributed by atoms with E-state index in [-0.39, 0.29) is 17.4 Å². The molecule has 2 aliphatic rings. The number of halogens is 2. The van der Waals surface area contributed by atoms with E-state index in [4.69, 9.17) is 0 Å². The smallest absolute Gasteiger partial charge is 0.226 e. The van der Waals surface area contributed by atoms with Gasteiger partial charge in [0.15, 0.2) is 0 Å². The molecule has 0 unspecified atom stereocenters. The Kier molecular flexibility index (Phi) is 4.18. The van der Waals surface area contributed by atoms with Crippen LogP contribution in [-0.4, -0.2) is 22.3 Å². The highest BCUT2D eigenvalue weighted by Crippen LogP contribution is 2.41. The Labute approximate surface area is 162 Å². The molecule has 144 valence electrons. The molecule has 1 atom stereocenters. The maximum absolute atomic E-state index is 14.8. The molecule has 2 aromatic carbocycles. The summed E-state index contributed by atoms with van der Waals surface area (Å²) in [6.45, 7) is 0.519. The number of carbonyl (C=O) groups is 1. The van der Waals surface area contributed by atoms with Crippen LogP contribution in [0.1, 0.15) is 48.5 Å². The van der Waals surface area contributed by atoms with E-state index in [1.165, 1.54) is 6.07 Å². The van der Waals surface area contributed by atoms with E-state index in [1.54, 1.807) is 4.90 Å². The van der Waals surface area contributed by atoms with E-state index in [9.17, 15) is 13.6 Å². The molecule has 0 saturated heterocycles. The van der Waals surface area contributed by atoms with E-state index >= 15 is 0 Å². The highest BCUT2D eigenvalue weighted by Gasteiger charge is 2.39. The van der Waals surface area contributed by atoms with Crippen molar-refractivity contribution in [3.63, 3.8) is 0 Å². The van der Waals surface area contributed by atoms with Gasteiger partial charge in [-0.05, 0) is 49.1 Å². The Balaban J connectivity index is 1.68. The molecule has 28 heavy (non-hydrogen) atoms. The second kappa shape index (κ2) is 6.73. The average Bonchev–Trinajstić information content (AvgIpc) is 3.36. The van der Waals surface area contributed by atoms with Gasteiger partial charge in [0.05, 0.1) is 0 Å². The molecule has 0 spiro atoms. The first-order valence-corrected chi connectivity index (χ1v) is 9.98. The third kappa shape index (κ3) is 2.72. The molecule has 0 bridgehead atoms. The summed E-state index contributed by atoms with van der Waals surface area (Å²) >= 11 is 0. The van der Waals surface area contributed by atoms with Gasteiger partial charge in [0.1, 0.15) is 17.7 Å². The lowest BCUT2D eigenvalue weighted by Gasteiger charge is -2.38. The van der Waals surface area contributed by atoms with Gasteiger partial charge in [0.25, 0.3) is 0 Å². The number of fused-ring (bicyclic) bond motifs is 3. The van der Waals surface area contributed by atoms with E-state index in [0.717, 1.165) is 60.0 Å². The van der Waals surface area contributed by atoms with Gasteiger partial charge in [-0.25, -0.2) is 8.78 Å². The lowest BCUT2D eigenvalue weighted by Crippen LogP contribution is -2.43. The van der Waals surface area contributed by atoms with Gasteiger partial charge in [0, 0.05) is 34.6 Å². The first kappa shape index (κ1) is 17.4. The standard InChI is InChI=1S/C23H22F2N2O/c24-15-9-10-19(25)18(13-15)22-21-17(16-7-3-4-8-20(16)26-21)11-12-27(22)23(28)14-5-1-2-6-14/h3-4,7-10,13-14,22,26H,1-2,5-6,11-12H2/t22-/m1/s1. The number of para-hydroxylation sites is 1. The summed E-state index contributed by atoms with van der Waals surface area (Å²) in [5.41, 5.74) is 3.09. The van der Waals surface area contributed by atoms with Crippen LogP contribution in [-0.2, 0) is 11.2 Å². The molecule has 1 fully saturated rings. The molecule has 1 N–H and O–H groups in total. The van der Waals surface area contributed by atoms with Crippen LogP contribution in [0.15, 0.2) is 42.5 Å². The molecule has 1 saturated carbocycles. The van der Waals surface area contributed by atoms with Crippen LogP contribution in [0, 0.1) is 17.6 Å². The second-order valence-corrected chi connectivity index (χ2v) is 7.89. The van der Waals surface area contributed by atoms with Crippen LogP contribution in [0.5, 0.6) is 0 Å². The van der Waals surface area contributed by atoms with Gasteiger partial charge >= 0.3 is 0 Å². The molecule has 3 aromatic rings. The van der Waals surface area contributed by atoms with Gasteiger partial charge in [-0.3, -0.25) is 4.79 Å². The van der Waals surface area contributed by atoms with Gasteiger partial charge < -0.3 is 9.88 Å². The molecule has 1 aliphatic heterocycles. The van der Waals surface area contributed by atoms with Gasteiger partial charge in [-0.2, -0.15) is 0 Å². The highest BCUT2D eigenvalue weighted by atomic mass is 19.1. The Morgan fingerprint density at radius 1 is 1.07 bits per heavy atom. The lowest BCUT2D eigenvalue weighted by molar-refractivity contribution is -0.137. The summed E-state index contributed by atoms with van der Waals surface area (Å²) in [7, 11) is 0. The number of benzene rings is 2. The molecule has 5 heteroatoms. The first-order chi connectivity index (χ1) is 13.6. The lowest BCUT2D eigenvalue weighted by atomic mass is 9.90. The summed E-state index contributed by atoms with van der Waals surface area (Å²) in [5, 5.41) is 1.09. The van der Waals surface area contributed by atoms with Crippen molar-refractivity contribution < 1.29 is 13.6 Å². The third-order valence-electron chi connectivity index (χ3n) is 6.27. The maximum Gasteiger partial charge on any atom is 0.226 e. The van der Waals surface area contributed by atoms with Crippen molar-refractivity contribution >= 4 is 16.8 Å². The minimum absolute atomic E-state index is 0.00921. The number of aromatic nitrogens is 1. The van der Waals surface area contributed by atoms with E-state index in [0.29, 0.717) is 13.0 Å². The van der Waals surface area contributed by atoms with E-state index < -0.39 is 17.7 Å². The van der Waals surface area contributed by atoms with Crippen LogP contribution in [0.3, 0.4) is 0 Å². The zero-order valence-electron chi connectivity index (χ0n) is 15.6. The van der Waals surface area contributed by atoms with Crippen molar-refractivity contribution in [3.05, 3.63) is 70.9 Å². The number of H-pyrrole nitrogens is 1. The molecule has 1 aliphatic carbocycles. The molecular formula is C23H22F2N2O. The van der Waals surface area contributed by atoms with Crippen molar-refractivity contribution in [1.29, 1.82) is 0 Å². The molecule has 0 radical (unpaired) electrons. The number of nitrogens with zero attached hydrogens (tertiary/aromatic N) is 1. The monoisotopic (exact) mass is 380 g/mol.